The molecule has 6 nitrogen and oxygen atoms in total. The summed E-state index contributed by atoms with van der Waals surface area (Å²) in [6, 6.07) is 8.06. The standard InChI is InChI=1S/C18H12ClFN4O2S/c1-11-2-4-14(5-3-11)27(25,26)24-10-16(17-21-8-13(20)9-22-17)15-6-12(19)7-23-18(15)24/h2-10H,1H3. The Morgan fingerprint density at radius 1 is 1.04 bits per heavy atom. The summed E-state index contributed by atoms with van der Waals surface area (Å²) in [5.74, 6) is -0.422. The van der Waals surface area contributed by atoms with Crippen molar-refractivity contribution < 1.29 is 12.8 Å². The number of aryl methyl sites for hydroxylation is 1. The number of nitrogens with zero attached hydrogens (tertiary/aromatic N) is 4. The van der Waals surface area contributed by atoms with Crippen LogP contribution < -0.4 is 0 Å². The van der Waals surface area contributed by atoms with E-state index in [1.165, 1.54) is 24.5 Å². The second kappa shape index (κ2) is 6.40. The molecule has 0 N–H and O–H groups in total. The Morgan fingerprint density at radius 2 is 1.70 bits per heavy atom. The van der Waals surface area contributed by atoms with Crippen molar-refractivity contribution in [2.75, 3.05) is 0 Å². The van der Waals surface area contributed by atoms with E-state index in [1.807, 2.05) is 6.92 Å². The first kappa shape index (κ1) is 17.6. The van der Waals surface area contributed by atoms with Gasteiger partial charge in [-0.2, -0.15) is 0 Å². The van der Waals surface area contributed by atoms with E-state index in [9.17, 15) is 12.8 Å². The summed E-state index contributed by atoms with van der Waals surface area (Å²) in [5, 5.41) is 0.779. The largest absolute Gasteiger partial charge is 0.269 e. The van der Waals surface area contributed by atoms with Crippen LogP contribution in [-0.2, 0) is 10.0 Å². The van der Waals surface area contributed by atoms with Crippen LogP contribution in [0.3, 0.4) is 0 Å². The van der Waals surface area contributed by atoms with E-state index in [0.717, 1.165) is 21.9 Å². The normalized spacial score (nSPS) is 11.8. The SMILES string of the molecule is Cc1ccc(S(=O)(=O)n2cc(-c3ncc(F)cn3)c3cc(Cl)cnc32)cc1. The van der Waals surface area contributed by atoms with Crippen molar-refractivity contribution in [2.24, 2.45) is 0 Å². The number of benzene rings is 1. The zero-order valence-electron chi connectivity index (χ0n) is 14.0. The highest BCUT2D eigenvalue weighted by Crippen LogP contribution is 2.31. The molecule has 0 aliphatic heterocycles. The van der Waals surface area contributed by atoms with Crippen LogP contribution in [0, 0.1) is 12.7 Å². The van der Waals surface area contributed by atoms with Crippen molar-refractivity contribution in [3.63, 3.8) is 0 Å². The summed E-state index contributed by atoms with van der Waals surface area (Å²) < 4.78 is 40.5. The second-order valence-electron chi connectivity index (χ2n) is 5.91. The molecule has 27 heavy (non-hydrogen) atoms. The van der Waals surface area contributed by atoms with Crippen LogP contribution in [0.25, 0.3) is 22.4 Å². The van der Waals surface area contributed by atoms with Crippen molar-refractivity contribution in [1.82, 2.24) is 18.9 Å². The van der Waals surface area contributed by atoms with Crippen LogP contribution >= 0.6 is 11.6 Å². The fourth-order valence-electron chi connectivity index (χ4n) is 2.69. The summed E-state index contributed by atoms with van der Waals surface area (Å²) in [7, 11) is -3.91. The number of rotatable bonds is 3. The van der Waals surface area contributed by atoms with E-state index in [-0.39, 0.29) is 16.4 Å². The van der Waals surface area contributed by atoms with Gasteiger partial charge < -0.3 is 0 Å². The maximum absolute atomic E-state index is 13.2. The zero-order valence-corrected chi connectivity index (χ0v) is 15.5. The number of halogens is 2. The summed E-state index contributed by atoms with van der Waals surface area (Å²) in [6.45, 7) is 1.87. The van der Waals surface area contributed by atoms with Gasteiger partial charge in [-0.3, -0.25) is 0 Å². The number of aromatic nitrogens is 4. The fourth-order valence-corrected chi connectivity index (χ4v) is 4.17. The zero-order chi connectivity index (χ0) is 19.2. The van der Waals surface area contributed by atoms with Crippen molar-refractivity contribution in [3.05, 3.63) is 71.5 Å². The average Bonchev–Trinajstić information content (AvgIpc) is 3.02. The van der Waals surface area contributed by atoms with E-state index in [2.05, 4.69) is 15.0 Å². The number of pyridine rings is 1. The molecule has 0 aliphatic carbocycles. The van der Waals surface area contributed by atoms with Gasteiger partial charge in [0, 0.05) is 23.3 Å². The predicted octanol–water partition coefficient (Wildman–Crippen LogP) is 3.83. The van der Waals surface area contributed by atoms with Crippen molar-refractivity contribution in [2.45, 2.75) is 11.8 Å². The molecule has 4 rings (SSSR count). The molecule has 3 aromatic heterocycles. The molecule has 3 heterocycles. The third-order valence-electron chi connectivity index (χ3n) is 4.02. The molecule has 1 aromatic carbocycles. The van der Waals surface area contributed by atoms with Gasteiger partial charge in [0.25, 0.3) is 10.0 Å². The van der Waals surface area contributed by atoms with Gasteiger partial charge in [0.05, 0.1) is 22.3 Å². The highest BCUT2D eigenvalue weighted by Gasteiger charge is 2.23. The first-order chi connectivity index (χ1) is 12.9. The maximum Gasteiger partial charge on any atom is 0.269 e. The Hall–Kier alpha value is -2.84. The van der Waals surface area contributed by atoms with Crippen LogP contribution in [0.15, 0.2) is 60.0 Å². The van der Waals surface area contributed by atoms with E-state index >= 15 is 0 Å². The summed E-state index contributed by atoms with van der Waals surface area (Å²) in [5.41, 5.74) is 1.51. The van der Waals surface area contributed by atoms with E-state index < -0.39 is 15.8 Å². The molecule has 0 aliphatic rings. The molecule has 0 spiro atoms. The Labute approximate surface area is 159 Å². The fraction of sp³-hybridized carbons (Fsp3) is 0.0556. The van der Waals surface area contributed by atoms with Crippen LogP contribution in [0.4, 0.5) is 4.39 Å². The first-order valence-electron chi connectivity index (χ1n) is 7.83. The molecule has 0 amide bonds. The van der Waals surface area contributed by atoms with Crippen LogP contribution in [0.5, 0.6) is 0 Å². The van der Waals surface area contributed by atoms with Gasteiger partial charge in [-0.25, -0.2) is 31.7 Å². The van der Waals surface area contributed by atoms with E-state index in [1.54, 1.807) is 18.2 Å². The quantitative estimate of drug-likeness (QED) is 0.520. The van der Waals surface area contributed by atoms with Crippen LogP contribution in [-0.4, -0.2) is 27.3 Å². The molecular weight excluding hydrogens is 391 g/mol. The molecule has 136 valence electrons. The molecule has 0 saturated heterocycles. The molecule has 0 fully saturated rings. The first-order valence-corrected chi connectivity index (χ1v) is 9.65. The summed E-state index contributed by atoms with van der Waals surface area (Å²) in [6.07, 6.45) is 4.76. The Kier molecular flexibility index (Phi) is 4.16. The minimum Gasteiger partial charge on any atom is -0.236 e. The minimum absolute atomic E-state index is 0.119. The monoisotopic (exact) mass is 402 g/mol. The van der Waals surface area contributed by atoms with Gasteiger partial charge in [0.1, 0.15) is 0 Å². The molecule has 0 radical (unpaired) electrons. The topological polar surface area (TPSA) is 77.7 Å². The Balaban J connectivity index is 1.99. The highest BCUT2D eigenvalue weighted by molar-refractivity contribution is 7.90. The van der Waals surface area contributed by atoms with Crippen LogP contribution in [0.1, 0.15) is 5.56 Å². The molecular formula is C18H12ClFN4O2S. The van der Waals surface area contributed by atoms with Gasteiger partial charge in [-0.15, -0.1) is 0 Å². The third kappa shape index (κ3) is 3.07. The molecule has 4 aromatic rings. The lowest BCUT2D eigenvalue weighted by molar-refractivity contribution is 0.588. The number of hydrogen-bond donors (Lipinski definition) is 0. The Morgan fingerprint density at radius 3 is 2.37 bits per heavy atom. The summed E-state index contributed by atoms with van der Waals surface area (Å²) >= 11 is 6.04. The maximum atomic E-state index is 13.2. The molecule has 0 saturated carbocycles. The molecule has 9 heteroatoms. The molecule has 0 unspecified atom stereocenters. The third-order valence-corrected chi connectivity index (χ3v) is 5.89. The van der Waals surface area contributed by atoms with E-state index in [0.29, 0.717) is 16.0 Å². The molecule has 0 atom stereocenters. The van der Waals surface area contributed by atoms with Gasteiger partial charge in [0.2, 0.25) is 0 Å². The summed E-state index contributed by atoms with van der Waals surface area (Å²) in [4.78, 5) is 12.2. The average molecular weight is 403 g/mol. The predicted molar refractivity (Wildman–Crippen MR) is 99.5 cm³/mol. The van der Waals surface area contributed by atoms with Gasteiger partial charge in [-0.05, 0) is 25.1 Å². The van der Waals surface area contributed by atoms with Gasteiger partial charge in [0.15, 0.2) is 17.3 Å². The Bertz CT molecular complexity index is 1250. The van der Waals surface area contributed by atoms with Gasteiger partial charge >= 0.3 is 0 Å². The van der Waals surface area contributed by atoms with Crippen molar-refractivity contribution in [1.29, 1.82) is 0 Å². The van der Waals surface area contributed by atoms with E-state index in [4.69, 9.17) is 11.6 Å². The smallest absolute Gasteiger partial charge is 0.236 e. The van der Waals surface area contributed by atoms with Crippen molar-refractivity contribution in [3.8, 4) is 11.4 Å². The second-order valence-corrected chi connectivity index (χ2v) is 8.16. The number of hydrogen-bond acceptors (Lipinski definition) is 5. The lowest BCUT2D eigenvalue weighted by atomic mass is 10.2. The van der Waals surface area contributed by atoms with Crippen molar-refractivity contribution >= 4 is 32.7 Å². The minimum atomic E-state index is -3.91. The van der Waals surface area contributed by atoms with Gasteiger partial charge in [-0.1, -0.05) is 29.3 Å². The lowest BCUT2D eigenvalue weighted by Gasteiger charge is -2.07. The molecule has 0 bridgehead atoms. The number of fused-ring (bicyclic) bond motifs is 1. The lowest BCUT2D eigenvalue weighted by Crippen LogP contribution is -2.12. The van der Waals surface area contributed by atoms with Crippen LogP contribution in [0.2, 0.25) is 5.02 Å². The highest BCUT2D eigenvalue weighted by atomic mass is 35.5.